The Morgan fingerprint density at radius 3 is 2.21 bits per heavy atom. The Morgan fingerprint density at radius 2 is 1.64 bits per heavy atom. The summed E-state index contributed by atoms with van der Waals surface area (Å²) in [6.45, 7) is -0.361. The normalized spacial score (nSPS) is 9.75. The summed E-state index contributed by atoms with van der Waals surface area (Å²) in [7, 11) is 1.52. The molecule has 0 aliphatic heterocycles. The number of carbonyl (C=O) groups excluding carboxylic acids is 2. The lowest BCUT2D eigenvalue weighted by atomic mass is 10.2. The fourth-order valence-corrected chi connectivity index (χ4v) is 2.07. The third-order valence-corrected chi connectivity index (χ3v) is 3.52. The molecule has 0 saturated carbocycles. The van der Waals surface area contributed by atoms with Gasteiger partial charge in [-0.3, -0.25) is 35.9 Å². The van der Waals surface area contributed by atoms with Gasteiger partial charge in [0.25, 0.3) is 17.5 Å². The van der Waals surface area contributed by atoms with Crippen LogP contribution in [-0.4, -0.2) is 35.6 Å². The first-order chi connectivity index (χ1) is 13.4. The predicted octanol–water partition coefficient (Wildman–Crippen LogP) is 1.32. The highest BCUT2D eigenvalue weighted by Gasteiger charge is 2.10. The van der Waals surface area contributed by atoms with Gasteiger partial charge in [-0.2, -0.15) is 0 Å². The van der Waals surface area contributed by atoms with Gasteiger partial charge in [0.15, 0.2) is 11.7 Å². The van der Waals surface area contributed by atoms with E-state index in [2.05, 4.69) is 16.2 Å². The minimum absolute atomic E-state index is 0.0866. The number of nitro groups is 1. The second kappa shape index (κ2) is 9.83. The van der Waals surface area contributed by atoms with Crippen LogP contribution in [0.5, 0.6) is 11.5 Å². The molecule has 0 unspecified atom stereocenters. The van der Waals surface area contributed by atoms with Gasteiger partial charge in [-0.05, 0) is 48.6 Å². The van der Waals surface area contributed by atoms with Crippen LogP contribution in [0.1, 0.15) is 10.4 Å². The molecule has 0 radical (unpaired) electrons. The zero-order chi connectivity index (χ0) is 20.5. The molecule has 2 aromatic rings. The van der Waals surface area contributed by atoms with Crippen molar-refractivity contribution in [3.8, 4) is 11.5 Å². The van der Waals surface area contributed by atoms with Gasteiger partial charge >= 0.3 is 0 Å². The molecule has 0 fully saturated rings. The van der Waals surface area contributed by atoms with E-state index in [9.17, 15) is 19.7 Å². The van der Waals surface area contributed by atoms with Gasteiger partial charge in [-0.25, -0.2) is 0 Å². The van der Waals surface area contributed by atoms with Gasteiger partial charge in [0.2, 0.25) is 0 Å². The number of thiocarbonyl (C=S) groups is 1. The third kappa shape index (κ3) is 6.21. The van der Waals surface area contributed by atoms with E-state index < -0.39 is 16.7 Å². The number of hydrogen-bond acceptors (Lipinski definition) is 7. The molecule has 10 nitrogen and oxygen atoms in total. The van der Waals surface area contributed by atoms with Crippen molar-refractivity contribution in [3.05, 3.63) is 64.2 Å². The number of benzene rings is 2. The van der Waals surface area contributed by atoms with Crippen molar-refractivity contribution in [3.63, 3.8) is 0 Å². The zero-order valence-electron chi connectivity index (χ0n) is 14.6. The highest BCUT2D eigenvalue weighted by Crippen LogP contribution is 2.17. The van der Waals surface area contributed by atoms with E-state index in [1.807, 2.05) is 0 Å². The van der Waals surface area contributed by atoms with Crippen LogP contribution in [0, 0.1) is 10.1 Å². The van der Waals surface area contributed by atoms with Crippen LogP contribution in [0.4, 0.5) is 5.69 Å². The number of rotatable bonds is 6. The number of methoxy groups -OCH3 is 1. The largest absolute Gasteiger partial charge is 0.497 e. The number of nitrogens with one attached hydrogen (secondary N) is 3. The smallest absolute Gasteiger partial charge is 0.276 e. The molecule has 2 amide bonds. The Bertz CT molecular complexity index is 870. The van der Waals surface area contributed by atoms with Crippen molar-refractivity contribution in [2.45, 2.75) is 0 Å². The topological polar surface area (TPSA) is 132 Å². The third-order valence-electron chi connectivity index (χ3n) is 3.31. The van der Waals surface area contributed by atoms with Crippen LogP contribution in [0.15, 0.2) is 48.5 Å². The van der Waals surface area contributed by atoms with Crippen molar-refractivity contribution in [1.29, 1.82) is 0 Å². The highest BCUT2D eigenvalue weighted by atomic mass is 32.1. The number of carbonyl (C=O) groups is 2. The Labute approximate surface area is 164 Å². The number of hydrogen-bond donors (Lipinski definition) is 3. The van der Waals surface area contributed by atoms with E-state index in [4.69, 9.17) is 21.7 Å². The summed E-state index contributed by atoms with van der Waals surface area (Å²) >= 11 is 4.93. The number of non-ortho nitro benzene ring substituents is 1. The molecular formula is C17H16N4O6S. The first-order valence-electron chi connectivity index (χ1n) is 7.80. The monoisotopic (exact) mass is 404 g/mol. The molecule has 3 N–H and O–H groups in total. The highest BCUT2D eigenvalue weighted by molar-refractivity contribution is 7.80. The average Bonchev–Trinajstić information content (AvgIpc) is 2.71. The molecule has 0 aliphatic rings. The van der Waals surface area contributed by atoms with E-state index in [-0.39, 0.29) is 23.2 Å². The van der Waals surface area contributed by atoms with Crippen molar-refractivity contribution < 1.29 is 24.0 Å². The lowest BCUT2D eigenvalue weighted by Gasteiger charge is -2.11. The molecule has 0 saturated heterocycles. The lowest BCUT2D eigenvalue weighted by Crippen LogP contribution is -2.49. The number of nitro benzene ring substituents is 1. The molecule has 0 bridgehead atoms. The van der Waals surface area contributed by atoms with Crippen LogP contribution in [0.2, 0.25) is 0 Å². The number of hydrazine groups is 1. The average molecular weight is 404 g/mol. The van der Waals surface area contributed by atoms with E-state index >= 15 is 0 Å². The molecular weight excluding hydrogens is 388 g/mol. The predicted molar refractivity (Wildman–Crippen MR) is 103 cm³/mol. The first-order valence-corrected chi connectivity index (χ1v) is 8.21. The Balaban J connectivity index is 1.73. The standard InChI is InChI=1S/C17H16N4O6S/c1-26-13-6-2-11(3-7-13)16(23)18-17(28)20-19-15(22)10-27-14-8-4-12(5-9-14)21(24)25/h2-9H,10H2,1H3,(H,19,22)(H2,18,20,23,28). The summed E-state index contributed by atoms with van der Waals surface area (Å²) in [5, 5.41) is 12.9. The second-order valence-corrected chi connectivity index (χ2v) is 5.63. The maximum Gasteiger partial charge on any atom is 0.276 e. The fourth-order valence-electron chi connectivity index (χ4n) is 1.92. The van der Waals surface area contributed by atoms with Gasteiger partial charge in [-0.15, -0.1) is 0 Å². The molecule has 0 spiro atoms. The van der Waals surface area contributed by atoms with E-state index in [1.54, 1.807) is 24.3 Å². The van der Waals surface area contributed by atoms with Crippen LogP contribution in [-0.2, 0) is 4.79 Å². The molecule has 0 aliphatic carbocycles. The van der Waals surface area contributed by atoms with Crippen molar-refractivity contribution in [2.75, 3.05) is 13.7 Å². The summed E-state index contributed by atoms with van der Waals surface area (Å²) in [4.78, 5) is 33.8. The van der Waals surface area contributed by atoms with Gasteiger partial charge in [0.1, 0.15) is 11.5 Å². The molecule has 0 aromatic heterocycles. The second-order valence-electron chi connectivity index (χ2n) is 5.22. The van der Waals surface area contributed by atoms with Crippen LogP contribution in [0.25, 0.3) is 0 Å². The summed E-state index contributed by atoms with van der Waals surface area (Å²) in [5.74, 6) is -0.135. The number of nitrogens with zero attached hydrogens (tertiary/aromatic N) is 1. The van der Waals surface area contributed by atoms with Crippen LogP contribution >= 0.6 is 12.2 Å². The van der Waals surface area contributed by atoms with E-state index in [0.717, 1.165) is 0 Å². The van der Waals surface area contributed by atoms with E-state index in [1.165, 1.54) is 31.4 Å². The van der Waals surface area contributed by atoms with Gasteiger partial charge < -0.3 is 9.47 Å². The van der Waals surface area contributed by atoms with Gasteiger partial charge in [-0.1, -0.05) is 0 Å². The lowest BCUT2D eigenvalue weighted by molar-refractivity contribution is -0.384. The molecule has 2 aromatic carbocycles. The van der Waals surface area contributed by atoms with Crippen LogP contribution < -0.4 is 25.6 Å². The number of amides is 2. The quantitative estimate of drug-likeness (QED) is 0.373. The Morgan fingerprint density at radius 1 is 1.04 bits per heavy atom. The van der Waals surface area contributed by atoms with E-state index in [0.29, 0.717) is 11.3 Å². The first kappa shape index (κ1) is 20.6. The molecule has 28 heavy (non-hydrogen) atoms. The maximum absolute atomic E-state index is 12.0. The summed E-state index contributed by atoms with van der Waals surface area (Å²) < 4.78 is 10.2. The molecule has 0 atom stereocenters. The maximum atomic E-state index is 12.0. The molecule has 2 rings (SSSR count). The summed E-state index contributed by atoms with van der Waals surface area (Å²) in [6.07, 6.45) is 0. The van der Waals surface area contributed by atoms with Crippen molar-refractivity contribution in [1.82, 2.24) is 16.2 Å². The minimum atomic E-state index is -0.570. The molecule has 146 valence electrons. The van der Waals surface area contributed by atoms with Crippen molar-refractivity contribution in [2.24, 2.45) is 0 Å². The molecule has 11 heteroatoms. The zero-order valence-corrected chi connectivity index (χ0v) is 15.4. The van der Waals surface area contributed by atoms with Crippen LogP contribution in [0.3, 0.4) is 0 Å². The summed E-state index contributed by atoms with van der Waals surface area (Å²) in [5.41, 5.74) is 4.90. The van der Waals surface area contributed by atoms with Gasteiger partial charge in [0, 0.05) is 17.7 Å². The fraction of sp³-hybridized carbons (Fsp3) is 0.118. The summed E-state index contributed by atoms with van der Waals surface area (Å²) in [6, 6.07) is 11.6. The SMILES string of the molecule is COc1ccc(C(=O)NC(=S)NNC(=O)COc2ccc([N+](=O)[O-])cc2)cc1. The van der Waals surface area contributed by atoms with Gasteiger partial charge in [0.05, 0.1) is 12.0 Å². The Hall–Kier alpha value is -3.73. The molecule has 0 heterocycles. The Kier molecular flexibility index (Phi) is 7.22. The number of ether oxygens (including phenoxy) is 2. The van der Waals surface area contributed by atoms with Crippen molar-refractivity contribution >= 4 is 34.8 Å². The minimum Gasteiger partial charge on any atom is -0.497 e.